The number of halogens is 1. The van der Waals surface area contributed by atoms with E-state index in [0.29, 0.717) is 5.02 Å². The molecule has 1 aromatic heterocycles. The van der Waals surface area contributed by atoms with Crippen molar-refractivity contribution >= 4 is 33.9 Å². The quantitative estimate of drug-likeness (QED) is 0.721. The maximum absolute atomic E-state index is 5.97. The largest absolute Gasteiger partial charge is 0.340 e. The van der Waals surface area contributed by atoms with E-state index in [9.17, 15) is 0 Å². The smallest absolute Gasteiger partial charge is 0.138 e. The van der Waals surface area contributed by atoms with E-state index < -0.39 is 0 Å². The predicted molar refractivity (Wildman–Crippen MR) is 76.5 cm³/mol. The molecular formula is C15H11ClN2. The van der Waals surface area contributed by atoms with Gasteiger partial charge in [-0.25, -0.2) is 4.98 Å². The van der Waals surface area contributed by atoms with Crippen molar-refractivity contribution in [1.82, 2.24) is 4.98 Å². The average molecular weight is 255 g/mol. The average Bonchev–Trinajstić information content (AvgIpc) is 2.39. The van der Waals surface area contributed by atoms with E-state index >= 15 is 0 Å². The maximum Gasteiger partial charge on any atom is 0.138 e. The highest BCUT2D eigenvalue weighted by molar-refractivity contribution is 6.30. The van der Waals surface area contributed by atoms with Gasteiger partial charge in [-0.05, 0) is 29.7 Å². The Morgan fingerprint density at radius 2 is 1.83 bits per heavy atom. The van der Waals surface area contributed by atoms with Crippen molar-refractivity contribution < 1.29 is 0 Å². The molecule has 2 aromatic carbocycles. The van der Waals surface area contributed by atoms with Crippen LogP contribution in [0.25, 0.3) is 10.8 Å². The lowest BCUT2D eigenvalue weighted by atomic mass is 10.1. The minimum absolute atomic E-state index is 0.709. The second kappa shape index (κ2) is 4.67. The van der Waals surface area contributed by atoms with Gasteiger partial charge in [0.25, 0.3) is 0 Å². The number of nitrogens with zero attached hydrogens (tertiary/aromatic N) is 1. The van der Waals surface area contributed by atoms with Gasteiger partial charge in [-0.3, -0.25) is 0 Å². The van der Waals surface area contributed by atoms with Crippen LogP contribution in [0.2, 0.25) is 5.02 Å². The lowest BCUT2D eigenvalue weighted by Crippen LogP contribution is -1.94. The molecule has 88 valence electrons. The monoisotopic (exact) mass is 254 g/mol. The zero-order valence-corrected chi connectivity index (χ0v) is 10.4. The molecule has 1 N–H and O–H groups in total. The first-order valence-electron chi connectivity index (χ1n) is 5.69. The number of benzene rings is 2. The van der Waals surface area contributed by atoms with Crippen LogP contribution in [0.4, 0.5) is 11.5 Å². The minimum atomic E-state index is 0.709. The van der Waals surface area contributed by atoms with E-state index in [1.807, 2.05) is 42.5 Å². The molecule has 18 heavy (non-hydrogen) atoms. The van der Waals surface area contributed by atoms with Gasteiger partial charge in [0.2, 0.25) is 0 Å². The molecule has 3 heteroatoms. The molecule has 0 atom stereocenters. The molecule has 0 aliphatic rings. The van der Waals surface area contributed by atoms with Gasteiger partial charge in [-0.1, -0.05) is 41.9 Å². The van der Waals surface area contributed by atoms with E-state index in [4.69, 9.17) is 11.6 Å². The molecule has 0 fully saturated rings. The first-order chi connectivity index (χ1) is 8.83. The third kappa shape index (κ3) is 2.15. The van der Waals surface area contributed by atoms with Crippen LogP contribution < -0.4 is 5.32 Å². The summed E-state index contributed by atoms with van der Waals surface area (Å²) in [5.41, 5.74) is 0.936. The highest BCUT2D eigenvalue weighted by Gasteiger charge is 2.02. The first-order valence-corrected chi connectivity index (χ1v) is 6.07. The van der Waals surface area contributed by atoms with E-state index in [2.05, 4.69) is 22.4 Å². The summed E-state index contributed by atoms with van der Waals surface area (Å²) >= 11 is 5.97. The zero-order valence-electron chi connectivity index (χ0n) is 9.60. The number of fused-ring (bicyclic) bond motifs is 1. The van der Waals surface area contributed by atoms with Crippen LogP contribution in [-0.4, -0.2) is 4.98 Å². The van der Waals surface area contributed by atoms with Crippen molar-refractivity contribution in [3.05, 3.63) is 65.8 Å². The number of hydrogen-bond donors (Lipinski definition) is 1. The van der Waals surface area contributed by atoms with Gasteiger partial charge in [0.15, 0.2) is 0 Å². The number of rotatable bonds is 2. The summed E-state index contributed by atoms with van der Waals surface area (Å²) in [7, 11) is 0. The summed E-state index contributed by atoms with van der Waals surface area (Å²) in [6.07, 6.45) is 1.80. The molecule has 3 rings (SSSR count). The third-order valence-electron chi connectivity index (χ3n) is 2.76. The molecule has 0 aliphatic heterocycles. The van der Waals surface area contributed by atoms with Crippen molar-refractivity contribution in [1.29, 1.82) is 0 Å². The summed E-state index contributed by atoms with van der Waals surface area (Å²) in [4.78, 5) is 4.38. The topological polar surface area (TPSA) is 24.9 Å². The molecule has 0 radical (unpaired) electrons. The Morgan fingerprint density at radius 1 is 0.944 bits per heavy atom. The number of aromatic nitrogens is 1. The lowest BCUT2D eigenvalue weighted by Gasteiger charge is -2.08. The molecule has 0 saturated heterocycles. The Kier molecular flexibility index (Phi) is 2.87. The Balaban J connectivity index is 2.05. The second-order valence-electron chi connectivity index (χ2n) is 4.02. The SMILES string of the molecule is Clc1cccc(Nc2nccc3ccccc23)c1. The Labute approximate surface area is 110 Å². The standard InChI is InChI=1S/C15H11ClN2/c16-12-5-3-6-13(10-12)18-15-14-7-2-1-4-11(14)8-9-17-15/h1-10H,(H,17,18). The second-order valence-corrected chi connectivity index (χ2v) is 4.45. The van der Waals surface area contributed by atoms with Gasteiger partial charge < -0.3 is 5.32 Å². The fourth-order valence-corrected chi connectivity index (χ4v) is 2.11. The van der Waals surface area contributed by atoms with Gasteiger partial charge in [0.05, 0.1) is 0 Å². The van der Waals surface area contributed by atoms with Gasteiger partial charge in [-0.15, -0.1) is 0 Å². The van der Waals surface area contributed by atoms with E-state index in [1.54, 1.807) is 6.20 Å². The van der Waals surface area contributed by atoms with E-state index in [1.165, 1.54) is 0 Å². The molecule has 2 nitrogen and oxygen atoms in total. The number of nitrogens with one attached hydrogen (secondary N) is 1. The molecular weight excluding hydrogens is 244 g/mol. The zero-order chi connectivity index (χ0) is 12.4. The van der Waals surface area contributed by atoms with Gasteiger partial charge in [0.1, 0.15) is 5.82 Å². The molecule has 0 aliphatic carbocycles. The van der Waals surface area contributed by atoms with Crippen LogP contribution in [0.3, 0.4) is 0 Å². The van der Waals surface area contributed by atoms with Crippen LogP contribution in [0, 0.1) is 0 Å². The summed E-state index contributed by atoms with van der Waals surface area (Å²) < 4.78 is 0. The summed E-state index contributed by atoms with van der Waals surface area (Å²) in [6, 6.07) is 17.8. The lowest BCUT2D eigenvalue weighted by molar-refractivity contribution is 1.34. The van der Waals surface area contributed by atoms with Gasteiger partial charge in [0, 0.05) is 22.3 Å². The molecule has 1 heterocycles. The molecule has 0 spiro atoms. The van der Waals surface area contributed by atoms with Crippen molar-refractivity contribution in [3.63, 3.8) is 0 Å². The Bertz CT molecular complexity index is 689. The fourth-order valence-electron chi connectivity index (χ4n) is 1.92. The number of hydrogen-bond acceptors (Lipinski definition) is 2. The molecule has 0 saturated carbocycles. The van der Waals surface area contributed by atoms with Gasteiger partial charge >= 0.3 is 0 Å². The Morgan fingerprint density at radius 3 is 2.72 bits per heavy atom. The van der Waals surface area contributed by atoms with Crippen molar-refractivity contribution in [3.8, 4) is 0 Å². The fraction of sp³-hybridized carbons (Fsp3) is 0. The highest BCUT2D eigenvalue weighted by Crippen LogP contribution is 2.25. The molecule has 0 unspecified atom stereocenters. The summed E-state index contributed by atoms with van der Waals surface area (Å²) in [5, 5.41) is 6.26. The van der Waals surface area contributed by atoms with Crippen molar-refractivity contribution in [2.24, 2.45) is 0 Å². The van der Waals surface area contributed by atoms with Crippen LogP contribution in [-0.2, 0) is 0 Å². The third-order valence-corrected chi connectivity index (χ3v) is 3.00. The normalized spacial score (nSPS) is 10.5. The van der Waals surface area contributed by atoms with Crippen LogP contribution in [0.1, 0.15) is 0 Å². The molecule has 3 aromatic rings. The first kappa shape index (κ1) is 11.1. The summed E-state index contributed by atoms with van der Waals surface area (Å²) in [6.45, 7) is 0. The molecule has 0 bridgehead atoms. The highest BCUT2D eigenvalue weighted by atomic mass is 35.5. The number of pyridine rings is 1. The number of anilines is 2. The van der Waals surface area contributed by atoms with Gasteiger partial charge in [-0.2, -0.15) is 0 Å². The van der Waals surface area contributed by atoms with Crippen LogP contribution in [0.15, 0.2) is 60.8 Å². The summed E-state index contributed by atoms with van der Waals surface area (Å²) in [5.74, 6) is 0.843. The minimum Gasteiger partial charge on any atom is -0.340 e. The molecule has 0 amide bonds. The van der Waals surface area contributed by atoms with E-state index in [-0.39, 0.29) is 0 Å². The van der Waals surface area contributed by atoms with Crippen molar-refractivity contribution in [2.45, 2.75) is 0 Å². The van der Waals surface area contributed by atoms with Crippen LogP contribution in [0.5, 0.6) is 0 Å². The predicted octanol–water partition coefficient (Wildman–Crippen LogP) is 4.63. The Hall–Kier alpha value is -2.06. The van der Waals surface area contributed by atoms with Crippen LogP contribution >= 0.6 is 11.6 Å². The van der Waals surface area contributed by atoms with E-state index in [0.717, 1.165) is 22.3 Å². The van der Waals surface area contributed by atoms with Crippen molar-refractivity contribution in [2.75, 3.05) is 5.32 Å². The maximum atomic E-state index is 5.97.